The third-order valence-corrected chi connectivity index (χ3v) is 4.47. The van der Waals surface area contributed by atoms with Gasteiger partial charge in [0.1, 0.15) is 11.0 Å². The number of halogens is 1. The van der Waals surface area contributed by atoms with Gasteiger partial charge >= 0.3 is 0 Å². The molecule has 1 aromatic heterocycles. The first-order valence-corrected chi connectivity index (χ1v) is 8.04. The van der Waals surface area contributed by atoms with Gasteiger partial charge in [-0.05, 0) is 19.6 Å². The lowest BCUT2D eigenvalue weighted by molar-refractivity contribution is -0.0976. The first kappa shape index (κ1) is 14.9. The molecule has 0 aliphatic heterocycles. The quantitative estimate of drug-likeness (QED) is 0.512. The third kappa shape index (κ3) is 3.15. The molecule has 4 nitrogen and oxygen atoms in total. The van der Waals surface area contributed by atoms with E-state index < -0.39 is 0 Å². The fraction of sp³-hybridized carbons (Fsp3) is 0.692. The summed E-state index contributed by atoms with van der Waals surface area (Å²) < 4.78 is 5.73. The summed E-state index contributed by atoms with van der Waals surface area (Å²) in [6.07, 6.45) is 3.25. The number of nitrogens with zero attached hydrogens (tertiary/aromatic N) is 2. The van der Waals surface area contributed by atoms with Crippen LogP contribution in [0.25, 0.3) is 0 Å². The molecule has 1 aliphatic rings. The van der Waals surface area contributed by atoms with Crippen molar-refractivity contribution in [1.82, 2.24) is 9.97 Å². The van der Waals surface area contributed by atoms with E-state index in [1.165, 1.54) is 11.8 Å². The van der Waals surface area contributed by atoms with E-state index in [0.717, 1.165) is 18.8 Å². The van der Waals surface area contributed by atoms with Crippen LogP contribution in [0.1, 0.15) is 27.2 Å². The van der Waals surface area contributed by atoms with E-state index in [1.54, 1.807) is 6.07 Å². The second kappa shape index (κ2) is 5.85. The summed E-state index contributed by atoms with van der Waals surface area (Å²) in [6.45, 7) is 7.22. The normalized spacial score (nSPS) is 24.9. The molecule has 2 unspecified atom stereocenters. The average Bonchev–Trinajstić information content (AvgIpc) is 2.37. The van der Waals surface area contributed by atoms with Crippen molar-refractivity contribution in [3.8, 4) is 0 Å². The summed E-state index contributed by atoms with van der Waals surface area (Å²) in [5.41, 5.74) is 0.104. The van der Waals surface area contributed by atoms with E-state index in [4.69, 9.17) is 16.3 Å². The van der Waals surface area contributed by atoms with Crippen LogP contribution in [0.2, 0.25) is 5.15 Å². The van der Waals surface area contributed by atoms with Crippen molar-refractivity contribution in [1.29, 1.82) is 0 Å². The predicted octanol–water partition coefficient (Wildman–Crippen LogP) is 3.47. The molecule has 106 valence electrons. The van der Waals surface area contributed by atoms with Crippen LogP contribution in [0, 0.1) is 5.41 Å². The van der Waals surface area contributed by atoms with Crippen molar-refractivity contribution in [2.75, 3.05) is 18.2 Å². The topological polar surface area (TPSA) is 47.0 Å². The van der Waals surface area contributed by atoms with Crippen molar-refractivity contribution in [3.63, 3.8) is 0 Å². The fourth-order valence-corrected chi connectivity index (χ4v) is 2.97. The summed E-state index contributed by atoms with van der Waals surface area (Å²) in [4.78, 5) is 8.56. The van der Waals surface area contributed by atoms with Gasteiger partial charge in [0.2, 0.25) is 0 Å². The van der Waals surface area contributed by atoms with Crippen molar-refractivity contribution >= 4 is 29.2 Å². The van der Waals surface area contributed by atoms with Crippen LogP contribution in [0.4, 0.5) is 5.82 Å². The van der Waals surface area contributed by atoms with Gasteiger partial charge in [-0.1, -0.05) is 37.2 Å². The van der Waals surface area contributed by atoms with Crippen LogP contribution < -0.4 is 5.32 Å². The minimum Gasteiger partial charge on any atom is -0.378 e. The molecule has 0 saturated heterocycles. The zero-order valence-corrected chi connectivity index (χ0v) is 13.3. The van der Waals surface area contributed by atoms with Crippen LogP contribution in [-0.4, -0.2) is 35.0 Å². The lowest BCUT2D eigenvalue weighted by Gasteiger charge is -2.51. The van der Waals surface area contributed by atoms with Crippen LogP contribution in [-0.2, 0) is 4.74 Å². The Hall–Kier alpha value is -0.520. The second-order valence-corrected chi connectivity index (χ2v) is 6.42. The zero-order chi connectivity index (χ0) is 14.0. The Kier molecular flexibility index (Phi) is 4.58. The van der Waals surface area contributed by atoms with Crippen LogP contribution in [0.5, 0.6) is 0 Å². The molecule has 0 radical (unpaired) electrons. The third-order valence-electron chi connectivity index (χ3n) is 3.72. The van der Waals surface area contributed by atoms with Gasteiger partial charge in [-0.3, -0.25) is 0 Å². The van der Waals surface area contributed by atoms with Gasteiger partial charge in [-0.25, -0.2) is 9.97 Å². The minimum absolute atomic E-state index is 0.104. The highest BCUT2D eigenvalue weighted by atomic mass is 35.5. The van der Waals surface area contributed by atoms with Gasteiger partial charge in [0, 0.05) is 24.1 Å². The molecule has 1 saturated carbocycles. The first-order chi connectivity index (χ1) is 8.97. The summed E-state index contributed by atoms with van der Waals surface area (Å²) in [6, 6.07) is 2.12. The Morgan fingerprint density at radius 1 is 1.53 bits per heavy atom. The lowest BCUT2D eigenvalue weighted by Crippen LogP contribution is -2.58. The van der Waals surface area contributed by atoms with Crippen LogP contribution in [0.3, 0.4) is 0 Å². The highest BCUT2D eigenvalue weighted by Gasteiger charge is 2.49. The summed E-state index contributed by atoms with van der Waals surface area (Å²) >= 11 is 7.48. The van der Waals surface area contributed by atoms with E-state index in [9.17, 15) is 0 Å². The summed E-state index contributed by atoms with van der Waals surface area (Å²) in [5, 5.41) is 4.60. The fourth-order valence-electron chi connectivity index (χ4n) is 2.35. The molecular formula is C13H20ClN3OS. The smallest absolute Gasteiger partial charge is 0.190 e. The standard InChI is InChI=1S/C13H20ClN3OS/c1-5-18-9-6-8(13(9,2)3)15-11-7-10(14)16-12(17-11)19-4/h7-9H,5-6H2,1-4H3,(H,15,16,17). The average molecular weight is 302 g/mol. The zero-order valence-electron chi connectivity index (χ0n) is 11.7. The summed E-state index contributed by atoms with van der Waals surface area (Å²) in [7, 11) is 0. The lowest BCUT2D eigenvalue weighted by atomic mass is 9.64. The van der Waals surface area contributed by atoms with Gasteiger partial charge in [0.25, 0.3) is 0 Å². The van der Waals surface area contributed by atoms with Gasteiger partial charge in [0.15, 0.2) is 5.16 Å². The molecule has 19 heavy (non-hydrogen) atoms. The molecule has 1 aromatic rings. The first-order valence-electron chi connectivity index (χ1n) is 6.44. The SMILES string of the molecule is CCOC1CC(Nc2cc(Cl)nc(SC)n2)C1(C)C. The van der Waals surface area contributed by atoms with Crippen LogP contribution in [0.15, 0.2) is 11.2 Å². The molecule has 1 heterocycles. The molecule has 1 aliphatic carbocycles. The summed E-state index contributed by atoms with van der Waals surface area (Å²) in [5.74, 6) is 0.789. The van der Waals surface area contributed by atoms with Gasteiger partial charge in [-0.15, -0.1) is 0 Å². The maximum absolute atomic E-state index is 5.99. The van der Waals surface area contributed by atoms with E-state index in [-0.39, 0.29) is 5.41 Å². The van der Waals surface area contributed by atoms with Crippen molar-refractivity contribution in [2.45, 2.75) is 44.5 Å². The van der Waals surface area contributed by atoms with E-state index in [2.05, 4.69) is 29.1 Å². The predicted molar refractivity (Wildman–Crippen MR) is 80.0 cm³/mol. The Bertz CT molecular complexity index is 456. The molecular weight excluding hydrogens is 282 g/mol. The van der Waals surface area contributed by atoms with Crippen molar-refractivity contribution in [3.05, 3.63) is 11.2 Å². The Morgan fingerprint density at radius 2 is 2.26 bits per heavy atom. The van der Waals surface area contributed by atoms with Crippen molar-refractivity contribution < 1.29 is 4.74 Å². The Morgan fingerprint density at radius 3 is 2.84 bits per heavy atom. The number of anilines is 1. The molecule has 0 amide bonds. The second-order valence-electron chi connectivity index (χ2n) is 5.26. The molecule has 0 spiro atoms. The molecule has 1 fully saturated rings. The van der Waals surface area contributed by atoms with Crippen molar-refractivity contribution in [2.24, 2.45) is 5.41 Å². The number of ether oxygens (including phenoxy) is 1. The molecule has 1 N–H and O–H groups in total. The monoisotopic (exact) mass is 301 g/mol. The number of hydrogen-bond donors (Lipinski definition) is 1. The van der Waals surface area contributed by atoms with Gasteiger partial charge in [-0.2, -0.15) is 0 Å². The molecule has 2 atom stereocenters. The van der Waals surface area contributed by atoms with E-state index in [0.29, 0.717) is 22.5 Å². The van der Waals surface area contributed by atoms with E-state index in [1.807, 2.05) is 13.2 Å². The molecule has 0 aromatic carbocycles. The number of thioether (sulfide) groups is 1. The van der Waals surface area contributed by atoms with Gasteiger partial charge in [0.05, 0.1) is 6.10 Å². The Labute approximate surface area is 123 Å². The number of aromatic nitrogens is 2. The van der Waals surface area contributed by atoms with Gasteiger partial charge < -0.3 is 10.1 Å². The van der Waals surface area contributed by atoms with E-state index >= 15 is 0 Å². The number of hydrogen-bond acceptors (Lipinski definition) is 5. The number of nitrogens with one attached hydrogen (secondary N) is 1. The molecule has 6 heteroatoms. The Balaban J connectivity index is 2.05. The largest absolute Gasteiger partial charge is 0.378 e. The van der Waals surface area contributed by atoms with Crippen LogP contribution >= 0.6 is 23.4 Å². The molecule has 2 rings (SSSR count). The maximum atomic E-state index is 5.99. The number of rotatable bonds is 5. The minimum atomic E-state index is 0.104. The highest BCUT2D eigenvalue weighted by molar-refractivity contribution is 7.98. The molecule has 0 bridgehead atoms. The maximum Gasteiger partial charge on any atom is 0.190 e. The highest BCUT2D eigenvalue weighted by Crippen LogP contribution is 2.44.